The van der Waals surface area contributed by atoms with Crippen LogP contribution in [0.4, 0.5) is 0 Å². The van der Waals surface area contributed by atoms with E-state index in [0.29, 0.717) is 10.7 Å². The number of carbonyl (C=O) groups is 1. The van der Waals surface area contributed by atoms with E-state index in [1.165, 1.54) is 29.5 Å². The Morgan fingerprint density at radius 3 is 2.85 bits per heavy atom. The summed E-state index contributed by atoms with van der Waals surface area (Å²) < 4.78 is 4.84. The van der Waals surface area contributed by atoms with Crippen LogP contribution in [0.25, 0.3) is 10.9 Å². The lowest BCUT2D eigenvalue weighted by Gasteiger charge is -2.07. The van der Waals surface area contributed by atoms with Gasteiger partial charge in [0, 0.05) is 16.5 Å². The van der Waals surface area contributed by atoms with Crippen LogP contribution in [-0.4, -0.2) is 25.4 Å². The van der Waals surface area contributed by atoms with Crippen molar-refractivity contribution in [2.45, 2.75) is 16.2 Å². The average Bonchev–Trinajstić information content (AvgIpc) is 2.84. The number of hydrogen-bond acceptors (Lipinski definition) is 6. The number of aromatic nitrogens is 3. The number of hydrogen-bond donors (Lipinski definition) is 1. The number of benzene rings is 1. The van der Waals surface area contributed by atoms with Gasteiger partial charge in [0.05, 0.1) is 11.1 Å². The van der Waals surface area contributed by atoms with E-state index in [-0.39, 0.29) is 5.56 Å². The minimum atomic E-state index is -0.994. The first-order valence-corrected chi connectivity index (χ1v) is 7.33. The lowest BCUT2D eigenvalue weighted by atomic mass is 10.1. The van der Waals surface area contributed by atoms with Crippen LogP contribution in [0.1, 0.15) is 16.2 Å². The number of pyridine rings is 1. The van der Waals surface area contributed by atoms with Crippen molar-refractivity contribution in [3.05, 3.63) is 41.9 Å². The van der Waals surface area contributed by atoms with Gasteiger partial charge in [-0.15, -0.1) is 0 Å². The molecule has 1 N–H and O–H groups in total. The summed E-state index contributed by atoms with van der Waals surface area (Å²) >= 11 is 2.58. The highest BCUT2D eigenvalue weighted by molar-refractivity contribution is 8.01. The number of rotatable bonds is 3. The smallest absolute Gasteiger partial charge is 0.338 e. The van der Waals surface area contributed by atoms with Crippen LogP contribution in [0.3, 0.4) is 0 Å². The molecule has 7 heteroatoms. The number of carboxylic acid groups (broad SMARTS) is 1. The maximum absolute atomic E-state index is 11.4. The van der Waals surface area contributed by atoms with Crippen molar-refractivity contribution < 1.29 is 9.90 Å². The van der Waals surface area contributed by atoms with E-state index in [4.69, 9.17) is 0 Å². The second-order valence-corrected chi connectivity index (χ2v) is 6.04. The van der Waals surface area contributed by atoms with Crippen LogP contribution in [0.15, 0.2) is 39.7 Å². The Bertz CT molecular complexity index is 801. The Labute approximate surface area is 122 Å². The van der Waals surface area contributed by atoms with Gasteiger partial charge in [-0.2, -0.15) is 4.37 Å². The lowest BCUT2D eigenvalue weighted by molar-refractivity contribution is 0.0693. The molecule has 0 aliphatic rings. The molecule has 0 spiro atoms. The van der Waals surface area contributed by atoms with Gasteiger partial charge in [0.25, 0.3) is 0 Å². The Morgan fingerprint density at radius 1 is 1.35 bits per heavy atom. The predicted molar refractivity (Wildman–Crippen MR) is 77.5 cm³/mol. The normalized spacial score (nSPS) is 10.8. The maximum atomic E-state index is 11.4. The van der Waals surface area contributed by atoms with E-state index in [0.717, 1.165) is 15.2 Å². The third kappa shape index (κ3) is 2.37. The summed E-state index contributed by atoms with van der Waals surface area (Å²) in [5.74, 6) is -0.306. The topological polar surface area (TPSA) is 76.0 Å². The Hall–Kier alpha value is -1.99. The van der Waals surface area contributed by atoms with Gasteiger partial charge >= 0.3 is 5.97 Å². The number of aromatic carboxylic acids is 1. The number of fused-ring (bicyclic) bond motifs is 1. The first-order chi connectivity index (χ1) is 9.65. The molecule has 0 saturated heterocycles. The Morgan fingerprint density at radius 2 is 2.15 bits per heavy atom. The molecule has 2 heterocycles. The summed E-state index contributed by atoms with van der Waals surface area (Å²) in [5, 5.41) is 10.1. The van der Waals surface area contributed by atoms with Crippen molar-refractivity contribution in [2.24, 2.45) is 0 Å². The van der Waals surface area contributed by atoms with Gasteiger partial charge in [-0.3, -0.25) is 4.98 Å². The largest absolute Gasteiger partial charge is 0.478 e. The van der Waals surface area contributed by atoms with E-state index < -0.39 is 5.97 Å². The SMILES string of the molecule is Cc1nsc(Sc2c(C(=O)O)cnc3ccccc23)n1. The highest BCUT2D eigenvalue weighted by Crippen LogP contribution is 2.36. The fourth-order valence-corrected chi connectivity index (χ4v) is 3.60. The minimum Gasteiger partial charge on any atom is -0.478 e. The summed E-state index contributed by atoms with van der Waals surface area (Å²) in [5.41, 5.74) is 0.947. The van der Waals surface area contributed by atoms with Crippen LogP contribution in [-0.2, 0) is 0 Å². The van der Waals surface area contributed by atoms with E-state index >= 15 is 0 Å². The standard InChI is InChI=1S/C13H9N3O2S2/c1-7-15-13(20-16-7)19-11-8-4-2-3-5-10(8)14-6-9(11)12(17)18/h2-6H,1H3,(H,17,18). The van der Waals surface area contributed by atoms with Crippen LogP contribution in [0.5, 0.6) is 0 Å². The molecule has 0 saturated carbocycles. The van der Waals surface area contributed by atoms with Crippen LogP contribution < -0.4 is 0 Å². The van der Waals surface area contributed by atoms with Crippen LogP contribution in [0, 0.1) is 6.92 Å². The quantitative estimate of drug-likeness (QED) is 0.800. The zero-order valence-electron chi connectivity index (χ0n) is 10.4. The molecule has 0 radical (unpaired) electrons. The molecule has 0 aliphatic carbocycles. The molecule has 3 rings (SSSR count). The summed E-state index contributed by atoms with van der Waals surface area (Å²) in [6.45, 7) is 1.81. The second-order valence-electron chi connectivity index (χ2n) is 4.03. The number of carboxylic acids is 1. The van der Waals surface area contributed by atoms with Gasteiger partial charge in [-0.1, -0.05) is 30.0 Å². The fraction of sp³-hybridized carbons (Fsp3) is 0.0769. The van der Waals surface area contributed by atoms with Gasteiger partial charge in [0.2, 0.25) is 0 Å². The van der Waals surface area contributed by atoms with Crippen molar-refractivity contribution in [1.82, 2.24) is 14.3 Å². The molecule has 0 amide bonds. The summed E-state index contributed by atoms with van der Waals surface area (Å²) in [7, 11) is 0. The summed E-state index contributed by atoms with van der Waals surface area (Å²) in [6.07, 6.45) is 1.39. The molecule has 0 unspecified atom stereocenters. The number of nitrogens with zero attached hydrogens (tertiary/aromatic N) is 3. The molecule has 1 aromatic carbocycles. The van der Waals surface area contributed by atoms with Crippen LogP contribution >= 0.6 is 23.3 Å². The number of para-hydroxylation sites is 1. The molecule has 3 aromatic rings. The third-order valence-corrected chi connectivity index (χ3v) is 4.64. The molecular formula is C13H9N3O2S2. The highest BCUT2D eigenvalue weighted by atomic mass is 32.2. The number of aryl methyl sites for hydroxylation is 1. The molecule has 2 aromatic heterocycles. The predicted octanol–water partition coefficient (Wildman–Crippen LogP) is 3.24. The fourth-order valence-electron chi connectivity index (χ4n) is 1.79. The highest BCUT2D eigenvalue weighted by Gasteiger charge is 2.17. The molecular weight excluding hydrogens is 294 g/mol. The van der Waals surface area contributed by atoms with Crippen molar-refractivity contribution in [3.63, 3.8) is 0 Å². The zero-order valence-corrected chi connectivity index (χ0v) is 12.0. The third-order valence-electron chi connectivity index (χ3n) is 2.65. The van der Waals surface area contributed by atoms with Gasteiger partial charge < -0.3 is 5.11 Å². The zero-order chi connectivity index (χ0) is 14.1. The van der Waals surface area contributed by atoms with Crippen molar-refractivity contribution in [3.8, 4) is 0 Å². The van der Waals surface area contributed by atoms with Gasteiger partial charge in [0.15, 0.2) is 4.34 Å². The lowest BCUT2D eigenvalue weighted by Crippen LogP contribution is -2.00. The first-order valence-electron chi connectivity index (χ1n) is 5.74. The monoisotopic (exact) mass is 303 g/mol. The molecule has 20 heavy (non-hydrogen) atoms. The van der Waals surface area contributed by atoms with Gasteiger partial charge in [0.1, 0.15) is 5.82 Å². The van der Waals surface area contributed by atoms with E-state index in [2.05, 4.69) is 14.3 Å². The molecule has 5 nitrogen and oxygen atoms in total. The van der Waals surface area contributed by atoms with Crippen LogP contribution in [0.2, 0.25) is 0 Å². The first kappa shape index (κ1) is 13.0. The molecule has 100 valence electrons. The van der Waals surface area contributed by atoms with E-state index in [9.17, 15) is 9.90 Å². The van der Waals surface area contributed by atoms with Crippen molar-refractivity contribution in [2.75, 3.05) is 0 Å². The van der Waals surface area contributed by atoms with Gasteiger partial charge in [-0.05, 0) is 24.5 Å². The summed E-state index contributed by atoms with van der Waals surface area (Å²) in [6, 6.07) is 7.46. The summed E-state index contributed by atoms with van der Waals surface area (Å²) in [4.78, 5) is 20.5. The maximum Gasteiger partial charge on any atom is 0.338 e. The molecule has 0 aliphatic heterocycles. The van der Waals surface area contributed by atoms with E-state index in [1.54, 1.807) is 0 Å². The van der Waals surface area contributed by atoms with Crippen molar-refractivity contribution in [1.29, 1.82) is 0 Å². The Kier molecular flexibility index (Phi) is 3.37. The average molecular weight is 303 g/mol. The minimum absolute atomic E-state index is 0.182. The van der Waals surface area contributed by atoms with Gasteiger partial charge in [-0.25, -0.2) is 9.78 Å². The molecule has 0 bridgehead atoms. The second kappa shape index (κ2) is 5.18. The van der Waals surface area contributed by atoms with Crippen molar-refractivity contribution >= 4 is 40.2 Å². The molecule has 0 fully saturated rings. The molecule has 0 atom stereocenters. The van der Waals surface area contributed by atoms with E-state index in [1.807, 2.05) is 31.2 Å². The Balaban J connectivity index is 2.19.